The molecule has 0 radical (unpaired) electrons. The van der Waals surface area contributed by atoms with Gasteiger partial charge in [0.1, 0.15) is 0 Å². The molecule has 0 aromatic heterocycles. The van der Waals surface area contributed by atoms with Crippen LogP contribution in [0.4, 0.5) is 17.1 Å². The molecule has 1 heterocycles. The van der Waals surface area contributed by atoms with Crippen LogP contribution in [-0.2, 0) is 9.53 Å². The van der Waals surface area contributed by atoms with Gasteiger partial charge in [-0.25, -0.2) is 0 Å². The van der Waals surface area contributed by atoms with E-state index in [0.717, 1.165) is 30.2 Å². The molecule has 1 saturated heterocycles. The molecule has 0 saturated carbocycles. The van der Waals surface area contributed by atoms with Crippen LogP contribution in [0.3, 0.4) is 0 Å². The van der Waals surface area contributed by atoms with Gasteiger partial charge in [0.2, 0.25) is 5.91 Å². The zero-order valence-corrected chi connectivity index (χ0v) is 14.6. The first kappa shape index (κ1) is 17.8. The van der Waals surface area contributed by atoms with Crippen LogP contribution in [0.2, 0.25) is 0 Å². The summed E-state index contributed by atoms with van der Waals surface area (Å²) in [6.07, 6.45) is 0.341. The van der Waals surface area contributed by atoms with Crippen LogP contribution in [0.15, 0.2) is 48.5 Å². The van der Waals surface area contributed by atoms with E-state index in [0.29, 0.717) is 31.7 Å². The van der Waals surface area contributed by atoms with Crippen LogP contribution < -0.4 is 15.5 Å². The minimum absolute atomic E-state index is 0.0466. The molecule has 0 unspecified atom stereocenters. The highest BCUT2D eigenvalue weighted by atomic mass is 16.5. The highest BCUT2D eigenvalue weighted by Gasteiger charge is 2.15. The van der Waals surface area contributed by atoms with Gasteiger partial charge in [0, 0.05) is 31.7 Å². The van der Waals surface area contributed by atoms with Crippen LogP contribution in [0.1, 0.15) is 12.0 Å². The van der Waals surface area contributed by atoms with E-state index in [1.54, 1.807) is 12.1 Å². The van der Waals surface area contributed by atoms with Crippen LogP contribution in [0.5, 0.6) is 0 Å². The quantitative estimate of drug-likeness (QED) is 0.838. The highest BCUT2D eigenvalue weighted by Crippen LogP contribution is 2.26. The van der Waals surface area contributed by atoms with Gasteiger partial charge < -0.3 is 20.3 Å². The van der Waals surface area contributed by atoms with Crippen molar-refractivity contribution in [2.75, 3.05) is 48.4 Å². The zero-order valence-electron chi connectivity index (χ0n) is 14.6. The smallest absolute Gasteiger partial charge is 0.226 e. The molecule has 2 N–H and O–H groups in total. The molecule has 0 bridgehead atoms. The maximum atomic E-state index is 12.3. The van der Waals surface area contributed by atoms with E-state index in [2.05, 4.69) is 21.6 Å². The Morgan fingerprint density at radius 2 is 1.96 bits per heavy atom. The molecular weight excluding hydrogens is 328 g/mol. The Morgan fingerprint density at radius 1 is 1.15 bits per heavy atom. The third kappa shape index (κ3) is 4.74. The van der Waals surface area contributed by atoms with Crippen LogP contribution in [0, 0.1) is 11.3 Å². The van der Waals surface area contributed by atoms with E-state index in [4.69, 9.17) is 10.00 Å². The van der Waals surface area contributed by atoms with Crippen LogP contribution >= 0.6 is 0 Å². The lowest BCUT2D eigenvalue weighted by Crippen LogP contribution is -2.36. The molecule has 26 heavy (non-hydrogen) atoms. The van der Waals surface area contributed by atoms with E-state index in [1.807, 2.05) is 36.4 Å². The zero-order chi connectivity index (χ0) is 18.2. The molecule has 1 amide bonds. The molecule has 1 fully saturated rings. The highest BCUT2D eigenvalue weighted by molar-refractivity contribution is 5.94. The summed E-state index contributed by atoms with van der Waals surface area (Å²) in [6.45, 7) is 3.55. The van der Waals surface area contributed by atoms with Gasteiger partial charge in [-0.05, 0) is 30.3 Å². The predicted octanol–water partition coefficient (Wildman–Crippen LogP) is 2.84. The molecular formula is C20H22N4O2. The molecule has 0 spiro atoms. The summed E-state index contributed by atoms with van der Waals surface area (Å²) in [4.78, 5) is 14.5. The monoisotopic (exact) mass is 350 g/mol. The van der Waals surface area contributed by atoms with Crippen molar-refractivity contribution in [2.45, 2.75) is 6.42 Å². The average Bonchev–Trinajstić information content (AvgIpc) is 2.69. The van der Waals surface area contributed by atoms with Crippen molar-refractivity contribution in [1.29, 1.82) is 5.26 Å². The van der Waals surface area contributed by atoms with Gasteiger partial charge in [-0.15, -0.1) is 0 Å². The number of para-hydroxylation sites is 2. The third-order valence-corrected chi connectivity index (χ3v) is 4.20. The molecule has 0 atom stereocenters. The first-order chi connectivity index (χ1) is 12.8. The number of hydrogen-bond donors (Lipinski definition) is 2. The fraction of sp³-hybridized carbons (Fsp3) is 0.300. The van der Waals surface area contributed by atoms with Crippen LogP contribution in [-0.4, -0.2) is 38.8 Å². The fourth-order valence-electron chi connectivity index (χ4n) is 2.89. The summed E-state index contributed by atoms with van der Waals surface area (Å²) in [6, 6.07) is 17.2. The Bertz CT molecular complexity index is 794. The molecule has 134 valence electrons. The predicted molar refractivity (Wildman–Crippen MR) is 102 cm³/mol. The van der Waals surface area contributed by atoms with Gasteiger partial charge in [-0.1, -0.05) is 18.2 Å². The van der Waals surface area contributed by atoms with Crippen molar-refractivity contribution in [2.24, 2.45) is 0 Å². The van der Waals surface area contributed by atoms with E-state index in [9.17, 15) is 4.79 Å². The van der Waals surface area contributed by atoms with E-state index in [-0.39, 0.29) is 5.91 Å². The van der Waals surface area contributed by atoms with Crippen molar-refractivity contribution in [3.63, 3.8) is 0 Å². The van der Waals surface area contributed by atoms with Crippen molar-refractivity contribution in [3.05, 3.63) is 54.1 Å². The molecule has 6 heteroatoms. The van der Waals surface area contributed by atoms with Crippen molar-refractivity contribution < 1.29 is 9.53 Å². The topological polar surface area (TPSA) is 77.4 Å². The van der Waals surface area contributed by atoms with Gasteiger partial charge in [0.25, 0.3) is 0 Å². The van der Waals surface area contributed by atoms with Crippen molar-refractivity contribution in [3.8, 4) is 6.07 Å². The number of carbonyl (C=O) groups excluding carboxylic acids is 1. The summed E-state index contributed by atoms with van der Waals surface area (Å²) in [5.74, 6) is -0.0466. The average molecular weight is 350 g/mol. The number of carbonyl (C=O) groups is 1. The Balaban J connectivity index is 1.54. The number of benzene rings is 2. The normalized spacial score (nSPS) is 13.7. The van der Waals surface area contributed by atoms with E-state index >= 15 is 0 Å². The second kappa shape index (κ2) is 8.88. The number of ether oxygens (including phenoxy) is 1. The maximum Gasteiger partial charge on any atom is 0.226 e. The van der Waals surface area contributed by atoms with Gasteiger partial charge in [0.05, 0.1) is 36.2 Å². The SMILES string of the molecule is N#Cc1cccc(NCCC(=O)Nc2ccccc2N2CCOCC2)c1. The minimum Gasteiger partial charge on any atom is -0.384 e. The molecule has 2 aromatic carbocycles. The van der Waals surface area contributed by atoms with Gasteiger partial charge in [-0.2, -0.15) is 5.26 Å². The van der Waals surface area contributed by atoms with Crippen molar-refractivity contribution >= 4 is 23.0 Å². The van der Waals surface area contributed by atoms with Gasteiger partial charge in [0.15, 0.2) is 0 Å². The van der Waals surface area contributed by atoms with E-state index < -0.39 is 0 Å². The first-order valence-corrected chi connectivity index (χ1v) is 8.72. The molecule has 1 aliphatic heterocycles. The van der Waals surface area contributed by atoms with Gasteiger partial charge in [-0.3, -0.25) is 4.79 Å². The summed E-state index contributed by atoms with van der Waals surface area (Å²) in [7, 11) is 0. The number of morpholine rings is 1. The number of nitrogens with one attached hydrogen (secondary N) is 2. The van der Waals surface area contributed by atoms with E-state index in [1.165, 1.54) is 0 Å². The molecule has 6 nitrogen and oxygen atoms in total. The lowest BCUT2D eigenvalue weighted by atomic mass is 10.2. The Morgan fingerprint density at radius 3 is 2.77 bits per heavy atom. The number of rotatable bonds is 6. The Kier molecular flexibility index (Phi) is 6.07. The number of hydrogen-bond acceptors (Lipinski definition) is 5. The largest absolute Gasteiger partial charge is 0.384 e. The molecule has 2 aromatic rings. The standard InChI is InChI=1S/C20H22N4O2/c21-15-16-4-3-5-17(14-16)22-9-8-20(25)23-18-6-1-2-7-19(18)24-10-12-26-13-11-24/h1-7,14,22H,8-13H2,(H,23,25). The van der Waals surface area contributed by atoms with Crippen molar-refractivity contribution in [1.82, 2.24) is 0 Å². The number of nitriles is 1. The number of nitrogens with zero attached hydrogens (tertiary/aromatic N) is 2. The second-order valence-electron chi connectivity index (χ2n) is 6.03. The van der Waals surface area contributed by atoms with Crippen LogP contribution in [0.25, 0.3) is 0 Å². The Hall–Kier alpha value is -3.04. The minimum atomic E-state index is -0.0466. The number of anilines is 3. The maximum absolute atomic E-state index is 12.3. The first-order valence-electron chi connectivity index (χ1n) is 8.72. The summed E-state index contributed by atoms with van der Waals surface area (Å²) in [5, 5.41) is 15.1. The molecule has 3 rings (SSSR count). The molecule has 1 aliphatic rings. The summed E-state index contributed by atoms with van der Waals surface area (Å²) >= 11 is 0. The summed E-state index contributed by atoms with van der Waals surface area (Å²) in [5.41, 5.74) is 3.29. The third-order valence-electron chi connectivity index (χ3n) is 4.20. The molecule has 0 aliphatic carbocycles. The number of amides is 1. The Labute approximate surface area is 153 Å². The lowest BCUT2D eigenvalue weighted by molar-refractivity contribution is -0.115. The second-order valence-corrected chi connectivity index (χ2v) is 6.03. The van der Waals surface area contributed by atoms with Gasteiger partial charge >= 0.3 is 0 Å². The fourth-order valence-corrected chi connectivity index (χ4v) is 2.89. The lowest BCUT2D eigenvalue weighted by Gasteiger charge is -2.30. The summed E-state index contributed by atoms with van der Waals surface area (Å²) < 4.78 is 5.40.